The van der Waals surface area contributed by atoms with Crippen LogP contribution in [-0.4, -0.2) is 41.1 Å². The van der Waals surface area contributed by atoms with Crippen molar-refractivity contribution in [3.05, 3.63) is 71.8 Å². The Kier molecular flexibility index (Phi) is 6.57. The van der Waals surface area contributed by atoms with Gasteiger partial charge in [-0.3, -0.25) is 19.7 Å². The van der Waals surface area contributed by atoms with Crippen molar-refractivity contribution in [3.63, 3.8) is 0 Å². The molecule has 0 spiro atoms. The third-order valence-corrected chi connectivity index (χ3v) is 4.89. The second-order valence-corrected chi connectivity index (χ2v) is 6.93. The van der Waals surface area contributed by atoms with Crippen molar-refractivity contribution in [2.24, 2.45) is 5.92 Å². The van der Waals surface area contributed by atoms with Crippen molar-refractivity contribution in [2.45, 2.75) is 25.4 Å². The Hall–Kier alpha value is -2.70. The number of nitrogens with one attached hydrogen (secondary N) is 2. The predicted molar refractivity (Wildman–Crippen MR) is 102 cm³/mol. The largest absolute Gasteiger partial charge is 0.351 e. The molecule has 0 bridgehead atoms. The molecule has 6 nitrogen and oxygen atoms in total. The average Bonchev–Trinajstić information content (AvgIpc) is 3.13. The van der Waals surface area contributed by atoms with E-state index in [1.165, 1.54) is 5.56 Å². The van der Waals surface area contributed by atoms with Crippen LogP contribution in [0.15, 0.2) is 60.7 Å². The summed E-state index contributed by atoms with van der Waals surface area (Å²) in [5.74, 6) is -1.99. The molecule has 0 radical (unpaired) electrons. The number of carbonyl (C=O) groups excluding carboxylic acids is 2. The van der Waals surface area contributed by atoms with Crippen molar-refractivity contribution in [1.29, 1.82) is 0 Å². The maximum absolute atomic E-state index is 12.7. The maximum atomic E-state index is 12.7. The van der Waals surface area contributed by atoms with Gasteiger partial charge in [-0.1, -0.05) is 60.7 Å². The fraction of sp³-hybridized carbons (Fsp3) is 0.333. The van der Waals surface area contributed by atoms with Crippen LogP contribution in [0.5, 0.6) is 0 Å². The molecule has 142 valence electrons. The molecule has 1 unspecified atom stereocenters. The van der Waals surface area contributed by atoms with Crippen molar-refractivity contribution in [3.8, 4) is 0 Å². The van der Waals surface area contributed by atoms with Crippen LogP contribution < -0.4 is 10.8 Å². The van der Waals surface area contributed by atoms with Gasteiger partial charge < -0.3 is 5.32 Å². The SMILES string of the molecule is O=C(NO)C(Cc1ccccc1)C(=O)N[C@H]1CCN(Cc2ccccc2)C1. The summed E-state index contributed by atoms with van der Waals surface area (Å²) in [6.07, 6.45) is 1.09. The van der Waals surface area contributed by atoms with Gasteiger partial charge in [0.25, 0.3) is 5.91 Å². The van der Waals surface area contributed by atoms with Gasteiger partial charge in [-0.05, 0) is 24.0 Å². The minimum Gasteiger partial charge on any atom is -0.351 e. The van der Waals surface area contributed by atoms with Gasteiger partial charge in [0.1, 0.15) is 5.92 Å². The molecular weight excluding hydrogens is 342 g/mol. The van der Waals surface area contributed by atoms with E-state index in [1.807, 2.05) is 48.5 Å². The number of benzene rings is 2. The second-order valence-electron chi connectivity index (χ2n) is 6.93. The van der Waals surface area contributed by atoms with E-state index in [0.29, 0.717) is 0 Å². The van der Waals surface area contributed by atoms with Crippen LogP contribution in [0, 0.1) is 5.92 Å². The smallest absolute Gasteiger partial charge is 0.256 e. The summed E-state index contributed by atoms with van der Waals surface area (Å²) >= 11 is 0. The molecule has 27 heavy (non-hydrogen) atoms. The number of carbonyl (C=O) groups is 2. The molecule has 1 fully saturated rings. The van der Waals surface area contributed by atoms with Crippen LogP contribution in [0.1, 0.15) is 17.5 Å². The van der Waals surface area contributed by atoms with Crippen LogP contribution in [-0.2, 0) is 22.6 Å². The highest BCUT2D eigenvalue weighted by Gasteiger charge is 2.31. The van der Waals surface area contributed by atoms with Gasteiger partial charge in [0.15, 0.2) is 0 Å². The Morgan fingerprint density at radius 3 is 2.26 bits per heavy atom. The lowest BCUT2D eigenvalue weighted by molar-refractivity contribution is -0.140. The minimum absolute atomic E-state index is 0.00554. The first kappa shape index (κ1) is 19.1. The Bertz CT molecular complexity index is 752. The highest BCUT2D eigenvalue weighted by Crippen LogP contribution is 2.15. The fourth-order valence-corrected chi connectivity index (χ4v) is 3.47. The summed E-state index contributed by atoms with van der Waals surface area (Å²) in [6.45, 7) is 2.49. The van der Waals surface area contributed by atoms with Gasteiger partial charge in [0.2, 0.25) is 5.91 Å². The lowest BCUT2D eigenvalue weighted by atomic mass is 9.97. The standard InChI is InChI=1S/C21H25N3O3/c25-20(19(21(26)23-27)13-16-7-3-1-4-8-16)22-18-11-12-24(15-18)14-17-9-5-2-6-10-17/h1-10,18-19,27H,11-15H2,(H,22,25)(H,23,26)/t18-,19?/m0/s1. The van der Waals surface area contributed by atoms with E-state index >= 15 is 0 Å². The normalized spacial score (nSPS) is 18.0. The van der Waals surface area contributed by atoms with Gasteiger partial charge in [0.05, 0.1) is 0 Å². The molecule has 1 saturated heterocycles. The van der Waals surface area contributed by atoms with E-state index in [4.69, 9.17) is 5.21 Å². The molecule has 6 heteroatoms. The zero-order valence-electron chi connectivity index (χ0n) is 15.2. The number of hydrogen-bond acceptors (Lipinski definition) is 4. The van der Waals surface area contributed by atoms with Gasteiger partial charge >= 0.3 is 0 Å². The van der Waals surface area contributed by atoms with Crippen LogP contribution in [0.4, 0.5) is 0 Å². The van der Waals surface area contributed by atoms with Gasteiger partial charge in [0, 0.05) is 25.7 Å². The third kappa shape index (κ3) is 5.39. The zero-order valence-corrected chi connectivity index (χ0v) is 15.2. The molecule has 1 aliphatic heterocycles. The molecule has 1 aliphatic rings. The monoisotopic (exact) mass is 367 g/mol. The van der Waals surface area contributed by atoms with Crippen LogP contribution in [0.2, 0.25) is 0 Å². The molecule has 2 aromatic carbocycles. The molecule has 2 atom stereocenters. The first-order chi connectivity index (χ1) is 13.2. The summed E-state index contributed by atoms with van der Waals surface area (Å²) in [6, 6.07) is 19.6. The average molecular weight is 367 g/mol. The van der Waals surface area contributed by atoms with Gasteiger partial charge in [-0.2, -0.15) is 0 Å². The summed E-state index contributed by atoms with van der Waals surface area (Å²) in [5.41, 5.74) is 3.74. The number of hydroxylamine groups is 1. The Morgan fingerprint density at radius 1 is 1.00 bits per heavy atom. The summed E-state index contributed by atoms with van der Waals surface area (Å²) in [4.78, 5) is 27.0. The zero-order chi connectivity index (χ0) is 19.1. The van der Waals surface area contributed by atoms with Gasteiger partial charge in [-0.15, -0.1) is 0 Å². The maximum Gasteiger partial charge on any atom is 0.256 e. The molecule has 2 aromatic rings. The molecule has 0 aliphatic carbocycles. The Balaban J connectivity index is 1.56. The molecule has 0 saturated carbocycles. The first-order valence-electron chi connectivity index (χ1n) is 9.20. The van der Waals surface area contributed by atoms with Crippen molar-refractivity contribution in [2.75, 3.05) is 13.1 Å². The summed E-state index contributed by atoms with van der Waals surface area (Å²) in [7, 11) is 0. The van der Waals surface area contributed by atoms with Gasteiger partial charge in [-0.25, -0.2) is 5.48 Å². The Labute approximate surface area is 159 Å². The first-order valence-corrected chi connectivity index (χ1v) is 9.20. The minimum atomic E-state index is -0.958. The van der Waals surface area contributed by atoms with Crippen molar-refractivity contribution < 1.29 is 14.8 Å². The third-order valence-electron chi connectivity index (χ3n) is 4.89. The molecular formula is C21H25N3O3. The lowest BCUT2D eigenvalue weighted by Gasteiger charge is -2.20. The highest BCUT2D eigenvalue weighted by molar-refractivity contribution is 6.00. The topological polar surface area (TPSA) is 81.7 Å². The second kappa shape index (κ2) is 9.30. The quantitative estimate of drug-likeness (QED) is 0.396. The van der Waals surface area contributed by atoms with E-state index in [2.05, 4.69) is 22.3 Å². The van der Waals surface area contributed by atoms with Crippen molar-refractivity contribution in [1.82, 2.24) is 15.7 Å². The van der Waals surface area contributed by atoms with E-state index in [0.717, 1.165) is 31.6 Å². The van der Waals surface area contributed by atoms with Crippen LogP contribution in [0.25, 0.3) is 0 Å². The lowest BCUT2D eigenvalue weighted by Crippen LogP contribution is -2.46. The van der Waals surface area contributed by atoms with E-state index in [-0.39, 0.29) is 18.4 Å². The van der Waals surface area contributed by atoms with E-state index < -0.39 is 11.8 Å². The van der Waals surface area contributed by atoms with Crippen LogP contribution >= 0.6 is 0 Å². The number of rotatable bonds is 7. The number of amides is 2. The van der Waals surface area contributed by atoms with Crippen LogP contribution in [0.3, 0.4) is 0 Å². The number of likely N-dealkylation sites (tertiary alicyclic amines) is 1. The number of hydrogen-bond donors (Lipinski definition) is 3. The summed E-state index contributed by atoms with van der Waals surface area (Å²) < 4.78 is 0. The molecule has 3 N–H and O–H groups in total. The number of nitrogens with zero attached hydrogens (tertiary/aromatic N) is 1. The predicted octanol–water partition coefficient (Wildman–Crippen LogP) is 1.74. The fourth-order valence-electron chi connectivity index (χ4n) is 3.47. The summed E-state index contributed by atoms with van der Waals surface area (Å²) in [5, 5.41) is 12.0. The van der Waals surface area contributed by atoms with Crippen molar-refractivity contribution >= 4 is 11.8 Å². The van der Waals surface area contributed by atoms with E-state index in [1.54, 1.807) is 5.48 Å². The Morgan fingerprint density at radius 2 is 1.63 bits per heavy atom. The molecule has 1 heterocycles. The molecule has 2 amide bonds. The van der Waals surface area contributed by atoms with E-state index in [9.17, 15) is 9.59 Å². The molecule has 3 rings (SSSR count). The molecule has 0 aromatic heterocycles. The highest BCUT2D eigenvalue weighted by atomic mass is 16.5.